The Labute approximate surface area is 458 Å². The van der Waals surface area contributed by atoms with Gasteiger partial charge in [-0.1, -0.05) is 6.92 Å². The number of Topliss-reactive ketones (excluding diaryl/α,β-unsaturated/α-hetero) is 4. The maximum Gasteiger partial charge on any atom is 0.292 e. The Morgan fingerprint density at radius 1 is 0.588 bits per heavy atom. The molecule has 9 rings (SSSR count). The van der Waals surface area contributed by atoms with E-state index in [2.05, 4.69) is 37.0 Å². The van der Waals surface area contributed by atoms with E-state index in [-0.39, 0.29) is 84.2 Å². The third-order valence-electron chi connectivity index (χ3n) is 13.9. The summed E-state index contributed by atoms with van der Waals surface area (Å²) in [6, 6.07) is 11.3. The average Bonchev–Trinajstić information content (AvgIpc) is 4.31. The van der Waals surface area contributed by atoms with Crippen LogP contribution < -0.4 is 27.0 Å². The summed E-state index contributed by atoms with van der Waals surface area (Å²) >= 11 is 0. The Morgan fingerprint density at radius 3 is 1.88 bits per heavy atom. The van der Waals surface area contributed by atoms with Gasteiger partial charge in [0.25, 0.3) is 23.6 Å². The van der Waals surface area contributed by atoms with Gasteiger partial charge in [0.15, 0.2) is 40.6 Å². The highest BCUT2D eigenvalue weighted by Gasteiger charge is 2.26. The van der Waals surface area contributed by atoms with E-state index in [1.165, 1.54) is 33.7 Å². The number of hydrogen-bond acceptors (Lipinski definition) is 12. The summed E-state index contributed by atoms with van der Waals surface area (Å²) in [4.78, 5) is 123. The van der Waals surface area contributed by atoms with Crippen molar-refractivity contribution >= 4 is 75.4 Å². The van der Waals surface area contributed by atoms with Crippen LogP contribution in [0.2, 0.25) is 0 Å². The number of anilines is 3. The Hall–Kier alpha value is -9.84. The number of carbonyl (C=O) groups is 8. The number of carbonyl (C=O) groups excluding carboxylic acids is 8. The minimum Gasteiger partial charge on any atom is -0.351 e. The molecule has 7 N–H and O–H groups in total. The van der Waals surface area contributed by atoms with Crippen LogP contribution >= 0.6 is 0 Å². The van der Waals surface area contributed by atoms with Gasteiger partial charge in [0.1, 0.15) is 17.4 Å². The predicted molar refractivity (Wildman–Crippen MR) is 295 cm³/mol. The minimum absolute atomic E-state index is 0.00724. The summed E-state index contributed by atoms with van der Waals surface area (Å²) in [7, 11) is 12.0. The van der Waals surface area contributed by atoms with E-state index in [0.717, 1.165) is 16.8 Å². The molecule has 0 aliphatic carbocycles. The van der Waals surface area contributed by atoms with E-state index in [9.17, 15) is 38.4 Å². The number of quaternary nitrogens is 1. The van der Waals surface area contributed by atoms with Gasteiger partial charge in [-0.15, -0.1) is 0 Å². The molecule has 80 heavy (non-hydrogen) atoms. The summed E-state index contributed by atoms with van der Waals surface area (Å²) in [5, 5.41) is 11.0. The molecule has 7 aromatic heterocycles. The van der Waals surface area contributed by atoms with Crippen LogP contribution in [-0.2, 0) is 79.8 Å². The zero-order chi connectivity index (χ0) is 57.3. The first-order valence-electron chi connectivity index (χ1n) is 25.7. The van der Waals surface area contributed by atoms with Gasteiger partial charge in [-0.2, -0.15) is 0 Å². The molecule has 8 heterocycles. The normalized spacial score (nSPS) is 12.2. The van der Waals surface area contributed by atoms with Crippen LogP contribution in [-0.4, -0.2) is 112 Å². The zero-order valence-corrected chi connectivity index (χ0v) is 45.6. The first-order chi connectivity index (χ1) is 38.1. The number of aliphatic imine (C=N–C) groups is 1. The molecule has 0 bridgehead atoms. The minimum atomic E-state index is -0.658. The molecule has 1 atom stereocenters. The number of amides is 4. The quantitative estimate of drug-likeness (QED) is 0.0611. The number of aromatic nitrogens is 10. The lowest BCUT2D eigenvalue weighted by atomic mass is 10.00. The van der Waals surface area contributed by atoms with E-state index < -0.39 is 29.7 Å². The largest absolute Gasteiger partial charge is 0.351 e. The molecule has 0 radical (unpaired) electrons. The van der Waals surface area contributed by atoms with Gasteiger partial charge in [0, 0.05) is 143 Å². The van der Waals surface area contributed by atoms with Crippen molar-refractivity contribution in [3.63, 3.8) is 0 Å². The number of nitrogens with one attached hydrogen (secondary N) is 4. The number of ketones is 4. The maximum atomic E-state index is 13.7. The van der Waals surface area contributed by atoms with Gasteiger partial charge in [0.2, 0.25) is 5.82 Å². The van der Waals surface area contributed by atoms with E-state index in [4.69, 9.17) is 9.98 Å². The van der Waals surface area contributed by atoms with Gasteiger partial charge in [-0.3, -0.25) is 38.4 Å². The number of imidazole rings is 3. The molecule has 0 saturated heterocycles. The Kier molecular flexibility index (Phi) is 15.5. The Morgan fingerprint density at radius 2 is 1.21 bits per heavy atom. The number of fused-ring (bicyclic) bond motifs is 1. The molecular formula is C56H61N16O8+. The van der Waals surface area contributed by atoms with Gasteiger partial charge in [-0.05, 0) is 59.2 Å². The molecule has 4 amide bonds. The lowest BCUT2D eigenvalue weighted by molar-refractivity contribution is -0.404. The van der Waals surface area contributed by atoms with Crippen molar-refractivity contribution in [3.8, 4) is 0 Å². The predicted octanol–water partition coefficient (Wildman–Crippen LogP) is 3.66. The molecule has 24 nitrogen and oxygen atoms in total. The molecular weight excluding hydrogens is 1020 g/mol. The van der Waals surface area contributed by atoms with E-state index in [1.807, 2.05) is 36.9 Å². The number of nitrogens with zero attached hydrogens (tertiary/aromatic N) is 11. The highest BCUT2D eigenvalue weighted by molar-refractivity contribution is 6.08. The molecule has 0 saturated carbocycles. The SMILES string of the molecule is CCC(=O)c1cc(CC(=O)c2ccc3c(c2)CC(c2nc(CC(=O)c4cc(CC(=O)[C@H]([NH3+])CCNC(=O)c5cc(NC(=O)c6cc(NC(=O)c7nc(NC(=O)c8nccn8C)cn7C)cn6C)cn5C)cn4C)cn2C)=N3)cn1C. The lowest BCUT2D eigenvalue weighted by Gasteiger charge is -2.09. The topological polar surface area (TPSA) is 298 Å². The van der Waals surface area contributed by atoms with E-state index in [1.54, 1.807) is 110 Å². The van der Waals surface area contributed by atoms with Crippen LogP contribution in [0.25, 0.3) is 0 Å². The summed E-state index contributed by atoms with van der Waals surface area (Å²) in [5.74, 6) is -1.46. The van der Waals surface area contributed by atoms with E-state index in [0.29, 0.717) is 64.0 Å². The molecule has 0 fully saturated rings. The number of benzene rings is 1. The molecule has 1 aliphatic heterocycles. The van der Waals surface area contributed by atoms with Crippen molar-refractivity contribution in [2.75, 3.05) is 22.5 Å². The highest BCUT2D eigenvalue weighted by Crippen LogP contribution is 2.31. The van der Waals surface area contributed by atoms with Crippen LogP contribution in [0.15, 0.2) is 97.0 Å². The fourth-order valence-corrected chi connectivity index (χ4v) is 9.67. The standard InChI is InChI=1S/C56H60N16O8/c1-9-45(73)41-16-31(25-67(41)3)18-46(74)33-10-11-39-34(20-33)21-40(63-39)50-60-37(29-71(50)7)24-48(76)42-17-32(26-68(42)4)19-47(75)38(57)12-13-59-53(77)43-22-35(27-69(43)5)61-54(78)44-23-36(28-70(44)6)62-56(80)52-64-49(30-72(52)8)65-55(79)51-58-14-15-66(51)2/h10-11,14-17,20,22-23,25-30,38H,9,12-13,18-19,21,24,57H2,1-8H3,(H,59,77)(H,61,78)(H,62,80)(H,65,79)/p+1/t38-/m1/s1. The molecule has 0 spiro atoms. The first kappa shape index (κ1) is 54.9. The summed E-state index contributed by atoms with van der Waals surface area (Å²) in [6.45, 7) is 1.95. The van der Waals surface area contributed by atoms with Crippen molar-refractivity contribution in [1.82, 2.24) is 52.2 Å². The molecule has 24 heteroatoms. The number of aryl methyl sites for hydroxylation is 7. The van der Waals surface area contributed by atoms with Crippen LogP contribution in [0, 0.1) is 0 Å². The number of hydrogen-bond donors (Lipinski definition) is 5. The van der Waals surface area contributed by atoms with Crippen molar-refractivity contribution in [1.29, 1.82) is 0 Å². The van der Waals surface area contributed by atoms with Crippen molar-refractivity contribution < 1.29 is 44.1 Å². The van der Waals surface area contributed by atoms with Crippen molar-refractivity contribution in [2.45, 2.75) is 51.5 Å². The van der Waals surface area contributed by atoms with Gasteiger partial charge in [-0.25, -0.2) is 19.9 Å². The van der Waals surface area contributed by atoms with Crippen molar-refractivity contribution in [3.05, 3.63) is 160 Å². The van der Waals surface area contributed by atoms with Gasteiger partial charge < -0.3 is 59.0 Å². The molecule has 1 aliphatic rings. The summed E-state index contributed by atoms with van der Waals surface area (Å²) < 4.78 is 11.4. The fourth-order valence-electron chi connectivity index (χ4n) is 9.67. The molecule has 412 valence electrons. The lowest BCUT2D eigenvalue weighted by Crippen LogP contribution is -2.65. The second kappa shape index (κ2) is 22.6. The van der Waals surface area contributed by atoms with Gasteiger partial charge >= 0.3 is 0 Å². The van der Waals surface area contributed by atoms with Gasteiger partial charge in [0.05, 0.1) is 46.3 Å². The monoisotopic (exact) mass is 1090 g/mol. The molecule has 1 aromatic carbocycles. The van der Waals surface area contributed by atoms with Crippen LogP contribution in [0.3, 0.4) is 0 Å². The molecule has 0 unspecified atom stereocenters. The second-order valence-electron chi connectivity index (χ2n) is 20.0. The smallest absolute Gasteiger partial charge is 0.292 e. The van der Waals surface area contributed by atoms with Crippen LogP contribution in [0.4, 0.5) is 22.9 Å². The Bertz CT molecular complexity index is 3850. The summed E-state index contributed by atoms with van der Waals surface area (Å²) in [6.07, 6.45) is 14.4. The summed E-state index contributed by atoms with van der Waals surface area (Å²) in [5.41, 5.74) is 11.1. The maximum absolute atomic E-state index is 13.7. The van der Waals surface area contributed by atoms with Crippen molar-refractivity contribution in [2.24, 2.45) is 54.3 Å². The second-order valence-corrected chi connectivity index (χ2v) is 20.0. The third kappa shape index (κ3) is 11.8. The number of rotatable bonds is 22. The Balaban J connectivity index is 0.721. The third-order valence-corrected chi connectivity index (χ3v) is 13.9. The van der Waals surface area contributed by atoms with Crippen LogP contribution in [0.5, 0.6) is 0 Å². The van der Waals surface area contributed by atoms with Crippen LogP contribution in [0.1, 0.15) is 122 Å². The fraction of sp³-hybridized carbons (Fsp3) is 0.286. The zero-order valence-electron chi connectivity index (χ0n) is 45.6. The average molecular weight is 1090 g/mol. The van der Waals surface area contributed by atoms with E-state index >= 15 is 0 Å². The first-order valence-corrected chi connectivity index (χ1v) is 25.7. The highest BCUT2D eigenvalue weighted by atomic mass is 16.2. The molecule has 8 aromatic rings.